The summed E-state index contributed by atoms with van der Waals surface area (Å²) in [5.41, 5.74) is 3.37. The molecule has 25 heavy (non-hydrogen) atoms. The second-order valence-electron chi connectivity index (χ2n) is 5.94. The molecule has 2 aromatic carbocycles. The monoisotopic (exact) mass is 335 g/mol. The van der Waals surface area contributed by atoms with Crippen LogP contribution in [0.15, 0.2) is 48.5 Å². The first-order valence-electron chi connectivity index (χ1n) is 8.01. The number of aryl methyl sites for hydroxylation is 1. The largest absolute Gasteiger partial charge is 0.468 e. The highest BCUT2D eigenvalue weighted by molar-refractivity contribution is 5.91. The molecule has 1 atom stereocenters. The van der Waals surface area contributed by atoms with Crippen molar-refractivity contribution in [2.45, 2.75) is 12.8 Å². The minimum Gasteiger partial charge on any atom is -0.468 e. The summed E-state index contributed by atoms with van der Waals surface area (Å²) in [5, 5.41) is 0.932. The van der Waals surface area contributed by atoms with Crippen LogP contribution in [0.2, 0.25) is 0 Å². The fraction of sp³-hybridized carbons (Fsp3) is 0.200. The molecule has 1 aliphatic rings. The van der Waals surface area contributed by atoms with E-state index in [0.717, 1.165) is 27.7 Å². The van der Waals surface area contributed by atoms with Crippen LogP contribution in [0.3, 0.4) is 0 Å². The quantitative estimate of drug-likeness (QED) is 0.685. The van der Waals surface area contributed by atoms with Crippen LogP contribution in [0.4, 0.5) is 0 Å². The number of pyridine rings is 1. The van der Waals surface area contributed by atoms with Gasteiger partial charge in [-0.15, -0.1) is 0 Å². The Bertz CT molecular complexity index is 967. The van der Waals surface area contributed by atoms with Gasteiger partial charge in [0.1, 0.15) is 5.92 Å². The van der Waals surface area contributed by atoms with E-state index in [0.29, 0.717) is 11.5 Å². The third kappa shape index (κ3) is 2.67. The lowest BCUT2D eigenvalue weighted by atomic mass is 9.88. The molecule has 1 unspecified atom stereocenters. The number of nitrogens with zero attached hydrogens (tertiary/aromatic N) is 1. The van der Waals surface area contributed by atoms with Gasteiger partial charge in [-0.1, -0.05) is 24.3 Å². The molecule has 4 rings (SSSR count). The Morgan fingerprint density at radius 1 is 1.12 bits per heavy atom. The molecule has 0 aliphatic carbocycles. The summed E-state index contributed by atoms with van der Waals surface area (Å²) in [7, 11) is 1.40. The number of esters is 1. The number of methoxy groups -OCH3 is 1. The maximum atomic E-state index is 12.7. The minimum absolute atomic E-state index is 0.193. The average molecular weight is 335 g/mol. The van der Waals surface area contributed by atoms with Gasteiger partial charge in [0.2, 0.25) is 6.79 Å². The van der Waals surface area contributed by atoms with Crippen molar-refractivity contribution in [2.24, 2.45) is 0 Å². The van der Waals surface area contributed by atoms with Crippen LogP contribution in [0.25, 0.3) is 10.9 Å². The number of hydrogen-bond donors (Lipinski definition) is 0. The number of carbonyl (C=O) groups is 1. The van der Waals surface area contributed by atoms with E-state index in [-0.39, 0.29) is 12.8 Å². The molecular weight excluding hydrogens is 318 g/mol. The molecule has 0 saturated carbocycles. The highest BCUT2D eigenvalue weighted by atomic mass is 16.7. The van der Waals surface area contributed by atoms with E-state index in [9.17, 15) is 4.79 Å². The molecular formula is C20H17NO4. The second-order valence-corrected chi connectivity index (χ2v) is 5.94. The van der Waals surface area contributed by atoms with Gasteiger partial charge in [-0.3, -0.25) is 9.78 Å². The van der Waals surface area contributed by atoms with Crippen molar-refractivity contribution < 1.29 is 19.0 Å². The van der Waals surface area contributed by atoms with E-state index in [1.807, 2.05) is 55.5 Å². The molecule has 0 spiro atoms. The lowest BCUT2D eigenvalue weighted by Gasteiger charge is -2.18. The zero-order valence-electron chi connectivity index (χ0n) is 14.0. The Labute approximate surface area is 145 Å². The molecule has 5 heteroatoms. The molecule has 0 bridgehead atoms. The molecule has 1 aliphatic heterocycles. The third-order valence-electron chi connectivity index (χ3n) is 4.35. The Kier molecular flexibility index (Phi) is 3.76. The fourth-order valence-corrected chi connectivity index (χ4v) is 3.23. The third-order valence-corrected chi connectivity index (χ3v) is 4.35. The summed E-state index contributed by atoms with van der Waals surface area (Å²) < 4.78 is 15.9. The normalized spacial score (nSPS) is 13.7. The van der Waals surface area contributed by atoms with Crippen molar-refractivity contribution in [1.29, 1.82) is 0 Å². The van der Waals surface area contributed by atoms with Gasteiger partial charge in [-0.2, -0.15) is 0 Å². The second kappa shape index (κ2) is 6.09. The number of aromatic nitrogens is 1. The highest BCUT2D eigenvalue weighted by Crippen LogP contribution is 2.38. The van der Waals surface area contributed by atoms with Gasteiger partial charge in [0, 0.05) is 11.1 Å². The average Bonchev–Trinajstić information content (AvgIpc) is 3.09. The van der Waals surface area contributed by atoms with Gasteiger partial charge in [-0.05, 0) is 42.3 Å². The molecule has 0 radical (unpaired) electrons. The first-order valence-corrected chi connectivity index (χ1v) is 8.01. The molecule has 0 fully saturated rings. The van der Waals surface area contributed by atoms with E-state index in [1.54, 1.807) is 0 Å². The topological polar surface area (TPSA) is 57.7 Å². The molecule has 0 N–H and O–H groups in total. The molecule has 2 heterocycles. The fourth-order valence-electron chi connectivity index (χ4n) is 3.23. The van der Waals surface area contributed by atoms with E-state index in [2.05, 4.69) is 4.98 Å². The SMILES string of the molecule is COC(=O)C(c1ccc2c(c1)OCO2)c1cc(C)nc2ccccc12. The number of rotatable bonds is 3. The number of ether oxygens (including phenoxy) is 3. The first-order chi connectivity index (χ1) is 12.2. The highest BCUT2D eigenvalue weighted by Gasteiger charge is 2.28. The first kappa shape index (κ1) is 15.4. The summed E-state index contributed by atoms with van der Waals surface area (Å²) >= 11 is 0. The molecule has 5 nitrogen and oxygen atoms in total. The van der Waals surface area contributed by atoms with E-state index >= 15 is 0 Å². The Balaban J connectivity index is 1.93. The lowest BCUT2D eigenvalue weighted by Crippen LogP contribution is -2.16. The number of hydrogen-bond acceptors (Lipinski definition) is 5. The predicted molar refractivity (Wildman–Crippen MR) is 92.9 cm³/mol. The maximum Gasteiger partial charge on any atom is 0.317 e. The zero-order valence-corrected chi connectivity index (χ0v) is 14.0. The zero-order chi connectivity index (χ0) is 17.4. The van der Waals surface area contributed by atoms with E-state index < -0.39 is 5.92 Å². The number of fused-ring (bicyclic) bond motifs is 2. The van der Waals surface area contributed by atoms with Crippen LogP contribution in [0.5, 0.6) is 11.5 Å². The van der Waals surface area contributed by atoms with Crippen molar-refractivity contribution in [3.8, 4) is 11.5 Å². The predicted octanol–water partition coefficient (Wildman–Crippen LogP) is 3.58. The van der Waals surface area contributed by atoms with Gasteiger partial charge < -0.3 is 14.2 Å². The summed E-state index contributed by atoms with van der Waals surface area (Å²) in [4.78, 5) is 17.2. The molecule has 0 amide bonds. The number of benzene rings is 2. The van der Waals surface area contributed by atoms with Crippen molar-refractivity contribution in [3.63, 3.8) is 0 Å². The van der Waals surface area contributed by atoms with Gasteiger partial charge in [-0.25, -0.2) is 0 Å². The smallest absolute Gasteiger partial charge is 0.317 e. The van der Waals surface area contributed by atoms with Crippen LogP contribution in [0.1, 0.15) is 22.7 Å². The molecule has 0 saturated heterocycles. The van der Waals surface area contributed by atoms with Gasteiger partial charge >= 0.3 is 5.97 Å². The van der Waals surface area contributed by atoms with Crippen LogP contribution >= 0.6 is 0 Å². The van der Waals surface area contributed by atoms with Crippen LogP contribution in [-0.2, 0) is 9.53 Å². The minimum atomic E-state index is -0.564. The molecule has 3 aromatic rings. The van der Waals surface area contributed by atoms with Crippen molar-refractivity contribution in [3.05, 3.63) is 65.4 Å². The lowest BCUT2D eigenvalue weighted by molar-refractivity contribution is -0.141. The van der Waals surface area contributed by atoms with Crippen molar-refractivity contribution in [2.75, 3.05) is 13.9 Å². The van der Waals surface area contributed by atoms with Gasteiger partial charge in [0.25, 0.3) is 0 Å². The number of carbonyl (C=O) groups excluding carboxylic acids is 1. The summed E-state index contributed by atoms with van der Waals surface area (Å²) in [6, 6.07) is 15.3. The van der Waals surface area contributed by atoms with Crippen LogP contribution < -0.4 is 9.47 Å². The van der Waals surface area contributed by atoms with Crippen molar-refractivity contribution >= 4 is 16.9 Å². The summed E-state index contributed by atoms with van der Waals surface area (Å²) in [5.74, 6) is 0.435. The van der Waals surface area contributed by atoms with Crippen LogP contribution in [-0.4, -0.2) is 24.9 Å². The molecule has 126 valence electrons. The van der Waals surface area contributed by atoms with E-state index in [4.69, 9.17) is 14.2 Å². The summed E-state index contributed by atoms with van der Waals surface area (Å²) in [6.45, 7) is 2.11. The van der Waals surface area contributed by atoms with Crippen LogP contribution in [0, 0.1) is 6.92 Å². The van der Waals surface area contributed by atoms with E-state index in [1.165, 1.54) is 7.11 Å². The maximum absolute atomic E-state index is 12.7. The van der Waals surface area contributed by atoms with Gasteiger partial charge in [0.05, 0.1) is 12.6 Å². The van der Waals surface area contributed by atoms with Gasteiger partial charge in [0.15, 0.2) is 11.5 Å². The Morgan fingerprint density at radius 3 is 2.76 bits per heavy atom. The van der Waals surface area contributed by atoms with Crippen molar-refractivity contribution in [1.82, 2.24) is 4.98 Å². The standard InChI is InChI=1S/C20H17NO4/c1-12-9-15(14-5-3-4-6-16(14)21-12)19(20(22)23-2)13-7-8-17-18(10-13)25-11-24-17/h3-10,19H,11H2,1-2H3. The Hall–Kier alpha value is -3.08. The number of para-hydroxylation sites is 1. The Morgan fingerprint density at radius 2 is 1.92 bits per heavy atom. The summed E-state index contributed by atoms with van der Waals surface area (Å²) in [6.07, 6.45) is 0. The molecule has 1 aromatic heterocycles.